The molecule has 3 rings (SSSR count). The highest BCUT2D eigenvalue weighted by molar-refractivity contribution is 5.80. The standard InChI is InChI=1S/C19H28N2O3/c1-19(2)12-21(18(22)13-6-5-7-20-10-13)11-14-8-16(23-3)17(24-4)9-15(14)19/h8-9,13,20H,5-7,10-12H2,1-4H3. The molecule has 1 fully saturated rings. The number of carbonyl (C=O) groups is 1. The molecule has 2 aliphatic rings. The van der Waals surface area contributed by atoms with Crippen molar-refractivity contribution in [2.45, 2.75) is 38.6 Å². The fraction of sp³-hybridized carbons (Fsp3) is 0.632. The highest BCUT2D eigenvalue weighted by Gasteiger charge is 2.37. The summed E-state index contributed by atoms with van der Waals surface area (Å²) in [4.78, 5) is 15.0. The molecule has 1 saturated heterocycles. The normalized spacial score (nSPS) is 22.7. The van der Waals surface area contributed by atoms with Gasteiger partial charge in [0, 0.05) is 25.0 Å². The van der Waals surface area contributed by atoms with Crippen molar-refractivity contribution in [1.29, 1.82) is 0 Å². The summed E-state index contributed by atoms with van der Waals surface area (Å²) < 4.78 is 10.9. The Bertz CT molecular complexity index is 621. The molecule has 0 aliphatic carbocycles. The van der Waals surface area contributed by atoms with Crippen LogP contribution in [0, 0.1) is 5.92 Å². The average Bonchev–Trinajstić information content (AvgIpc) is 2.60. The van der Waals surface area contributed by atoms with Crippen LogP contribution in [-0.4, -0.2) is 44.7 Å². The summed E-state index contributed by atoms with van der Waals surface area (Å²) in [5.74, 6) is 1.85. The van der Waals surface area contributed by atoms with E-state index in [9.17, 15) is 4.79 Å². The summed E-state index contributed by atoms with van der Waals surface area (Å²) in [5, 5.41) is 3.34. The molecule has 1 aromatic rings. The molecule has 5 heteroatoms. The van der Waals surface area contributed by atoms with Gasteiger partial charge in [0.2, 0.25) is 5.91 Å². The SMILES string of the molecule is COc1cc2c(cc1OC)C(C)(C)CN(C(=O)C1CCCNC1)C2. The highest BCUT2D eigenvalue weighted by atomic mass is 16.5. The fourth-order valence-corrected chi connectivity index (χ4v) is 3.98. The topological polar surface area (TPSA) is 50.8 Å². The van der Waals surface area contributed by atoms with Gasteiger partial charge in [-0.05, 0) is 42.6 Å². The lowest BCUT2D eigenvalue weighted by molar-refractivity contribution is -0.138. The second-order valence-electron chi connectivity index (χ2n) is 7.49. The van der Waals surface area contributed by atoms with E-state index in [1.54, 1.807) is 14.2 Å². The average molecular weight is 332 g/mol. The van der Waals surface area contributed by atoms with E-state index in [4.69, 9.17) is 9.47 Å². The first kappa shape index (κ1) is 17.1. The molecular weight excluding hydrogens is 304 g/mol. The van der Waals surface area contributed by atoms with Crippen molar-refractivity contribution in [2.75, 3.05) is 33.9 Å². The quantitative estimate of drug-likeness (QED) is 0.923. The Morgan fingerprint density at radius 2 is 1.96 bits per heavy atom. The molecule has 2 aliphatic heterocycles. The Morgan fingerprint density at radius 3 is 2.58 bits per heavy atom. The maximum absolute atomic E-state index is 13.0. The van der Waals surface area contributed by atoms with Crippen LogP contribution in [0.2, 0.25) is 0 Å². The molecule has 1 aromatic carbocycles. The van der Waals surface area contributed by atoms with E-state index in [1.165, 1.54) is 5.56 Å². The zero-order valence-electron chi connectivity index (χ0n) is 15.1. The van der Waals surface area contributed by atoms with E-state index in [0.717, 1.165) is 49.5 Å². The van der Waals surface area contributed by atoms with Crippen LogP contribution in [0.25, 0.3) is 0 Å². The fourth-order valence-electron chi connectivity index (χ4n) is 3.98. The van der Waals surface area contributed by atoms with Crippen molar-refractivity contribution in [2.24, 2.45) is 5.92 Å². The van der Waals surface area contributed by atoms with Gasteiger partial charge in [-0.2, -0.15) is 0 Å². The van der Waals surface area contributed by atoms with Gasteiger partial charge in [0.25, 0.3) is 0 Å². The Balaban J connectivity index is 1.90. The van der Waals surface area contributed by atoms with Crippen LogP contribution in [0.3, 0.4) is 0 Å². The largest absolute Gasteiger partial charge is 0.493 e. The first-order valence-electron chi connectivity index (χ1n) is 8.71. The third kappa shape index (κ3) is 3.09. The van der Waals surface area contributed by atoms with Gasteiger partial charge in [0.1, 0.15) is 0 Å². The van der Waals surface area contributed by atoms with E-state index in [0.29, 0.717) is 6.54 Å². The number of methoxy groups -OCH3 is 2. The van der Waals surface area contributed by atoms with Crippen LogP contribution in [0.5, 0.6) is 11.5 Å². The van der Waals surface area contributed by atoms with Crippen molar-refractivity contribution in [3.8, 4) is 11.5 Å². The zero-order chi connectivity index (χ0) is 17.3. The maximum atomic E-state index is 13.0. The number of nitrogens with zero attached hydrogens (tertiary/aromatic N) is 1. The monoisotopic (exact) mass is 332 g/mol. The predicted molar refractivity (Wildman–Crippen MR) is 93.6 cm³/mol. The Kier molecular flexibility index (Phi) is 4.72. The molecular formula is C19H28N2O3. The third-order valence-electron chi connectivity index (χ3n) is 5.24. The summed E-state index contributed by atoms with van der Waals surface area (Å²) in [6.45, 7) is 7.59. The minimum absolute atomic E-state index is 0.106. The van der Waals surface area contributed by atoms with Gasteiger partial charge in [-0.15, -0.1) is 0 Å². The van der Waals surface area contributed by atoms with Gasteiger partial charge in [-0.25, -0.2) is 0 Å². The number of hydrogen-bond donors (Lipinski definition) is 1. The first-order valence-corrected chi connectivity index (χ1v) is 8.71. The molecule has 132 valence electrons. The van der Waals surface area contributed by atoms with E-state index in [1.807, 2.05) is 11.0 Å². The molecule has 1 amide bonds. The van der Waals surface area contributed by atoms with Crippen LogP contribution < -0.4 is 14.8 Å². The molecule has 1 atom stereocenters. The summed E-state index contributed by atoms with van der Waals surface area (Å²) in [6, 6.07) is 4.09. The summed E-state index contributed by atoms with van der Waals surface area (Å²) in [7, 11) is 3.31. The number of hydrogen-bond acceptors (Lipinski definition) is 4. The first-order chi connectivity index (χ1) is 11.5. The van der Waals surface area contributed by atoms with Gasteiger partial charge in [0.05, 0.1) is 20.1 Å². The van der Waals surface area contributed by atoms with Gasteiger partial charge >= 0.3 is 0 Å². The van der Waals surface area contributed by atoms with E-state index in [2.05, 4.69) is 25.2 Å². The van der Waals surface area contributed by atoms with Crippen LogP contribution in [0.1, 0.15) is 37.8 Å². The van der Waals surface area contributed by atoms with E-state index < -0.39 is 0 Å². The van der Waals surface area contributed by atoms with Crippen molar-refractivity contribution in [1.82, 2.24) is 10.2 Å². The molecule has 1 N–H and O–H groups in total. The third-order valence-corrected chi connectivity index (χ3v) is 5.24. The molecule has 5 nitrogen and oxygen atoms in total. The van der Waals surface area contributed by atoms with Gasteiger partial charge < -0.3 is 19.7 Å². The highest BCUT2D eigenvalue weighted by Crippen LogP contribution is 2.40. The number of piperidine rings is 1. The summed E-state index contributed by atoms with van der Waals surface area (Å²) in [6.07, 6.45) is 2.07. The lowest BCUT2D eigenvalue weighted by atomic mass is 9.77. The number of benzene rings is 1. The van der Waals surface area contributed by atoms with Crippen LogP contribution in [0.4, 0.5) is 0 Å². The van der Waals surface area contributed by atoms with Gasteiger partial charge in [0.15, 0.2) is 11.5 Å². The maximum Gasteiger partial charge on any atom is 0.227 e. The molecule has 1 unspecified atom stereocenters. The minimum atomic E-state index is -0.106. The predicted octanol–water partition coefficient (Wildman–Crippen LogP) is 2.32. The Labute approximate surface area is 144 Å². The van der Waals surface area contributed by atoms with Crippen molar-refractivity contribution in [3.05, 3.63) is 23.3 Å². The molecule has 0 aromatic heterocycles. The van der Waals surface area contributed by atoms with E-state index in [-0.39, 0.29) is 17.2 Å². The van der Waals surface area contributed by atoms with Crippen LogP contribution >= 0.6 is 0 Å². The zero-order valence-corrected chi connectivity index (χ0v) is 15.1. The molecule has 0 radical (unpaired) electrons. The van der Waals surface area contributed by atoms with E-state index >= 15 is 0 Å². The summed E-state index contributed by atoms with van der Waals surface area (Å²) in [5.41, 5.74) is 2.29. The number of fused-ring (bicyclic) bond motifs is 1. The van der Waals surface area contributed by atoms with Gasteiger partial charge in [-0.1, -0.05) is 13.8 Å². The van der Waals surface area contributed by atoms with Crippen molar-refractivity contribution >= 4 is 5.91 Å². The number of ether oxygens (including phenoxy) is 2. The Hall–Kier alpha value is -1.75. The van der Waals surface area contributed by atoms with Crippen LogP contribution in [0.15, 0.2) is 12.1 Å². The second-order valence-corrected chi connectivity index (χ2v) is 7.49. The number of amides is 1. The molecule has 0 bridgehead atoms. The van der Waals surface area contributed by atoms with Gasteiger partial charge in [-0.3, -0.25) is 4.79 Å². The smallest absolute Gasteiger partial charge is 0.227 e. The number of nitrogens with one attached hydrogen (secondary N) is 1. The van der Waals surface area contributed by atoms with Crippen molar-refractivity contribution in [3.63, 3.8) is 0 Å². The summed E-state index contributed by atoms with van der Waals surface area (Å²) >= 11 is 0. The number of carbonyl (C=O) groups excluding carboxylic acids is 1. The lowest BCUT2D eigenvalue weighted by Crippen LogP contribution is -2.49. The second kappa shape index (κ2) is 6.63. The van der Waals surface area contributed by atoms with Crippen molar-refractivity contribution < 1.29 is 14.3 Å². The Morgan fingerprint density at radius 1 is 1.25 bits per heavy atom. The lowest BCUT2D eigenvalue weighted by Gasteiger charge is -2.42. The molecule has 0 saturated carbocycles. The molecule has 2 heterocycles. The minimum Gasteiger partial charge on any atom is -0.493 e. The number of rotatable bonds is 3. The van der Waals surface area contributed by atoms with Crippen LogP contribution in [-0.2, 0) is 16.8 Å². The molecule has 24 heavy (non-hydrogen) atoms. The molecule has 0 spiro atoms.